The van der Waals surface area contributed by atoms with Crippen molar-refractivity contribution in [2.24, 2.45) is 0 Å². The number of anilines is 1. The number of hydrogen-bond acceptors (Lipinski definition) is 6. The Morgan fingerprint density at radius 2 is 2.00 bits per heavy atom. The number of halogens is 1. The van der Waals surface area contributed by atoms with Gasteiger partial charge in [-0.25, -0.2) is 9.74 Å². The van der Waals surface area contributed by atoms with Crippen molar-refractivity contribution >= 4 is 37.1 Å². The highest BCUT2D eigenvalue weighted by Gasteiger charge is 2.23. The number of nitrogens with zero attached hydrogens (tertiary/aromatic N) is 2. The maximum absolute atomic E-state index is 12.5. The molecule has 0 spiro atoms. The average molecular weight is 368 g/mol. The van der Waals surface area contributed by atoms with Crippen LogP contribution < -0.4 is 10.2 Å². The van der Waals surface area contributed by atoms with Crippen LogP contribution >= 0.6 is 9.24 Å². The molecular weight excluding hydrogens is 346 g/mol. The van der Waals surface area contributed by atoms with Crippen LogP contribution in [0.5, 0.6) is 0 Å². The number of pyridine rings is 1. The lowest BCUT2D eigenvalue weighted by Crippen LogP contribution is -2.34. The number of ether oxygens (including phenoxy) is 2. The van der Waals surface area contributed by atoms with Gasteiger partial charge in [-0.1, -0.05) is 18.2 Å². The van der Waals surface area contributed by atoms with Crippen LogP contribution in [0.3, 0.4) is 0 Å². The summed E-state index contributed by atoms with van der Waals surface area (Å²) in [7, 11) is 4.38. The van der Waals surface area contributed by atoms with Crippen LogP contribution in [0.1, 0.15) is 24.2 Å². The molecule has 0 N–H and O–H groups in total. The summed E-state index contributed by atoms with van der Waals surface area (Å²) in [5, 5.41) is 1.59. The number of para-hydroxylation sites is 1. The van der Waals surface area contributed by atoms with Crippen LogP contribution in [-0.4, -0.2) is 44.0 Å². The van der Waals surface area contributed by atoms with Gasteiger partial charge in [-0.3, -0.25) is 4.98 Å². The van der Waals surface area contributed by atoms with Gasteiger partial charge in [0.2, 0.25) is 0 Å². The largest absolute Gasteiger partial charge is 0.383 e. The highest BCUT2D eigenvalue weighted by Crippen LogP contribution is 2.30. The molecule has 0 aliphatic carbocycles. The summed E-state index contributed by atoms with van der Waals surface area (Å²) in [6, 6.07) is 5.56. The summed E-state index contributed by atoms with van der Waals surface area (Å²) in [6.45, 7) is 5.09. The first-order chi connectivity index (χ1) is 12.0. The van der Waals surface area contributed by atoms with E-state index in [1.165, 1.54) is 6.20 Å². The number of carbonyl (C=O) groups excluding carboxylic acids is 1. The Morgan fingerprint density at radius 1 is 1.32 bits per heavy atom. The molecule has 0 saturated carbocycles. The zero-order valence-corrected chi connectivity index (χ0v) is 15.6. The van der Waals surface area contributed by atoms with E-state index in [9.17, 15) is 9.32 Å². The Hall–Kier alpha value is -1.82. The Kier molecular flexibility index (Phi) is 7.05. The van der Waals surface area contributed by atoms with Gasteiger partial charge in [0, 0.05) is 36.4 Å². The second kappa shape index (κ2) is 9.04. The molecule has 0 fully saturated rings. The lowest BCUT2D eigenvalue weighted by Gasteiger charge is -2.27. The van der Waals surface area contributed by atoms with Crippen molar-refractivity contribution in [2.45, 2.75) is 20.1 Å². The topological polar surface area (TPSA) is 60.9 Å². The van der Waals surface area contributed by atoms with E-state index in [2.05, 4.69) is 19.2 Å². The third kappa shape index (κ3) is 4.42. The molecule has 25 heavy (non-hydrogen) atoms. The standard InChI is InChI=1S/C17H22FN2O4P/c1-4-22-14(23-5-2)10-20(3)16-11-7-6-8-13(25)15(11)19-9-12(16)17(21)24-18/h6-9,14H,4-5,10,25H2,1-3H3. The minimum atomic E-state index is -1.09. The Balaban J connectivity index is 2.51. The first-order valence-corrected chi connectivity index (χ1v) is 8.55. The molecule has 1 atom stereocenters. The molecule has 1 aromatic carbocycles. The van der Waals surface area contributed by atoms with E-state index in [0.29, 0.717) is 36.3 Å². The predicted octanol–water partition coefficient (Wildman–Crippen LogP) is 2.61. The van der Waals surface area contributed by atoms with Gasteiger partial charge in [-0.05, 0) is 19.2 Å². The number of aromatic nitrogens is 1. The maximum atomic E-state index is 12.5. The molecule has 0 amide bonds. The van der Waals surface area contributed by atoms with Gasteiger partial charge in [0.25, 0.3) is 0 Å². The van der Waals surface area contributed by atoms with Gasteiger partial charge in [0.1, 0.15) is 5.56 Å². The molecule has 0 saturated heterocycles. The Morgan fingerprint density at radius 3 is 2.60 bits per heavy atom. The van der Waals surface area contributed by atoms with Crippen molar-refractivity contribution < 1.29 is 23.7 Å². The molecule has 1 aromatic heterocycles. The van der Waals surface area contributed by atoms with Gasteiger partial charge in [-0.15, -0.1) is 9.24 Å². The number of rotatable bonds is 8. The number of fused-ring (bicyclic) bond motifs is 1. The zero-order chi connectivity index (χ0) is 18.4. The van der Waals surface area contributed by atoms with Crippen LogP contribution in [-0.2, 0) is 14.4 Å². The van der Waals surface area contributed by atoms with Crippen LogP contribution in [0, 0.1) is 0 Å². The van der Waals surface area contributed by atoms with Crippen LogP contribution in [0.25, 0.3) is 10.9 Å². The third-order valence-corrected chi connectivity index (χ3v) is 4.17. The third-order valence-electron chi connectivity index (χ3n) is 3.70. The van der Waals surface area contributed by atoms with Gasteiger partial charge in [0.15, 0.2) is 6.29 Å². The second-order valence-corrected chi connectivity index (χ2v) is 5.97. The highest BCUT2D eigenvalue weighted by atomic mass is 31.0. The summed E-state index contributed by atoms with van der Waals surface area (Å²) >= 11 is 0. The first kappa shape index (κ1) is 19.5. The smallest absolute Gasteiger partial charge is 0.368 e. The molecule has 1 heterocycles. The van der Waals surface area contributed by atoms with E-state index in [1.54, 1.807) is 11.9 Å². The lowest BCUT2D eigenvalue weighted by molar-refractivity contribution is -0.129. The Bertz CT molecular complexity index is 738. The van der Waals surface area contributed by atoms with Gasteiger partial charge < -0.3 is 14.4 Å². The summed E-state index contributed by atoms with van der Waals surface area (Å²) < 4.78 is 23.7. The van der Waals surface area contributed by atoms with E-state index < -0.39 is 12.3 Å². The summed E-state index contributed by atoms with van der Waals surface area (Å²) in [5.41, 5.74) is 1.26. The fourth-order valence-electron chi connectivity index (χ4n) is 2.67. The normalized spacial score (nSPS) is 11.1. The maximum Gasteiger partial charge on any atom is 0.383 e. The van der Waals surface area contributed by atoms with Crippen molar-refractivity contribution in [1.82, 2.24) is 4.98 Å². The van der Waals surface area contributed by atoms with Crippen molar-refractivity contribution in [3.63, 3.8) is 0 Å². The molecule has 136 valence electrons. The molecule has 0 radical (unpaired) electrons. The van der Waals surface area contributed by atoms with Gasteiger partial charge in [-0.2, -0.15) is 0 Å². The van der Waals surface area contributed by atoms with Crippen LogP contribution in [0.4, 0.5) is 10.2 Å². The molecule has 2 rings (SSSR count). The molecule has 8 heteroatoms. The SMILES string of the molecule is CCOC(CN(C)c1c(C(=O)OF)cnc2c(P)cccc12)OCC. The lowest BCUT2D eigenvalue weighted by atomic mass is 10.1. The molecule has 0 bridgehead atoms. The van der Waals surface area contributed by atoms with Crippen molar-refractivity contribution in [1.29, 1.82) is 0 Å². The van der Waals surface area contributed by atoms with Crippen molar-refractivity contribution in [3.05, 3.63) is 30.0 Å². The summed E-state index contributed by atoms with van der Waals surface area (Å²) in [4.78, 5) is 21.4. The average Bonchev–Trinajstić information content (AvgIpc) is 2.60. The molecule has 0 aliphatic rings. The van der Waals surface area contributed by atoms with Gasteiger partial charge >= 0.3 is 5.97 Å². The number of benzene rings is 1. The first-order valence-electron chi connectivity index (χ1n) is 7.97. The van der Waals surface area contributed by atoms with E-state index in [4.69, 9.17) is 9.47 Å². The van der Waals surface area contributed by atoms with Crippen LogP contribution in [0.15, 0.2) is 24.4 Å². The molecule has 6 nitrogen and oxygen atoms in total. The monoisotopic (exact) mass is 368 g/mol. The molecular formula is C17H22FN2O4P. The van der Waals surface area contributed by atoms with E-state index in [0.717, 1.165) is 5.30 Å². The van der Waals surface area contributed by atoms with E-state index >= 15 is 0 Å². The van der Waals surface area contributed by atoms with Crippen molar-refractivity contribution in [3.8, 4) is 0 Å². The van der Waals surface area contributed by atoms with E-state index in [-0.39, 0.29) is 5.56 Å². The van der Waals surface area contributed by atoms with Crippen molar-refractivity contribution in [2.75, 3.05) is 31.7 Å². The predicted molar refractivity (Wildman–Crippen MR) is 97.9 cm³/mol. The van der Waals surface area contributed by atoms with Crippen LogP contribution in [0.2, 0.25) is 0 Å². The summed E-state index contributed by atoms with van der Waals surface area (Å²) in [6.07, 6.45) is 0.844. The van der Waals surface area contributed by atoms with Gasteiger partial charge in [0.05, 0.1) is 17.7 Å². The Labute approximate surface area is 148 Å². The molecule has 0 aliphatic heterocycles. The molecule has 1 unspecified atom stereocenters. The second-order valence-electron chi connectivity index (χ2n) is 5.35. The minimum Gasteiger partial charge on any atom is -0.368 e. The summed E-state index contributed by atoms with van der Waals surface area (Å²) in [5.74, 6) is -1.09. The number of likely N-dealkylation sites (N-methyl/N-ethyl adjacent to an activating group) is 1. The number of carbonyl (C=O) groups is 1. The fraction of sp³-hybridized carbons (Fsp3) is 0.412. The highest BCUT2D eigenvalue weighted by molar-refractivity contribution is 7.28. The number of hydrogen-bond donors (Lipinski definition) is 0. The fourth-order valence-corrected chi connectivity index (χ4v) is 3.02. The molecule has 2 aromatic rings. The zero-order valence-electron chi connectivity index (χ0n) is 14.5. The minimum absolute atomic E-state index is 0.0415. The van der Waals surface area contributed by atoms with E-state index in [1.807, 2.05) is 32.0 Å². The quantitative estimate of drug-likeness (QED) is 0.527.